The molecule has 1 saturated heterocycles. The van der Waals surface area contributed by atoms with Crippen LogP contribution >= 0.6 is 0 Å². The third-order valence-corrected chi connectivity index (χ3v) is 7.91. The lowest BCUT2D eigenvalue weighted by atomic mass is 9.91. The predicted molar refractivity (Wildman–Crippen MR) is 145 cm³/mol. The van der Waals surface area contributed by atoms with E-state index < -0.39 is 21.7 Å². The number of nitrogens with two attached hydrogens (primary N) is 1. The molecule has 1 aliphatic carbocycles. The normalized spacial score (nSPS) is 16.6. The molecule has 10 nitrogen and oxygen atoms in total. The van der Waals surface area contributed by atoms with Crippen molar-refractivity contribution in [3.05, 3.63) is 76.5 Å². The lowest BCUT2D eigenvalue weighted by molar-refractivity contribution is -0.158. The summed E-state index contributed by atoms with van der Waals surface area (Å²) in [6, 6.07) is 11.2. The molecule has 3 heterocycles. The number of ether oxygens (including phenoxy) is 3. The van der Waals surface area contributed by atoms with Gasteiger partial charge in [0, 0.05) is 12.8 Å². The van der Waals surface area contributed by atoms with Crippen LogP contribution < -0.4 is 15.2 Å². The Labute approximate surface area is 227 Å². The summed E-state index contributed by atoms with van der Waals surface area (Å²) < 4.78 is 45.9. The molecule has 3 aromatic rings. The summed E-state index contributed by atoms with van der Waals surface area (Å²) in [5.41, 5.74) is 9.84. The number of allylic oxidation sites excluding steroid dienone is 1. The molecule has 1 amide bonds. The zero-order valence-corrected chi connectivity index (χ0v) is 22.8. The van der Waals surface area contributed by atoms with Gasteiger partial charge >= 0.3 is 0 Å². The number of pyridine rings is 2. The number of hydrogen-bond donors (Lipinski definition) is 2. The van der Waals surface area contributed by atoms with Crippen molar-refractivity contribution in [1.29, 1.82) is 0 Å². The number of hydrogen-bond acceptors (Lipinski definition) is 9. The van der Waals surface area contributed by atoms with E-state index in [4.69, 9.17) is 24.9 Å². The van der Waals surface area contributed by atoms with Crippen LogP contribution in [0.1, 0.15) is 52.0 Å². The number of benzene rings is 1. The number of nitrogen functional groups attached to an aromatic ring is 1. The Hall–Kier alpha value is -3.80. The van der Waals surface area contributed by atoms with Crippen LogP contribution in [0.5, 0.6) is 11.6 Å². The summed E-state index contributed by atoms with van der Waals surface area (Å²) in [6.07, 6.45) is 4.07. The molecule has 0 saturated carbocycles. The fourth-order valence-electron chi connectivity index (χ4n) is 4.96. The van der Waals surface area contributed by atoms with Gasteiger partial charge in [-0.15, -0.1) is 0 Å². The van der Waals surface area contributed by atoms with Gasteiger partial charge in [-0.3, -0.25) is 4.79 Å². The number of carbonyl (C=O) groups is 1. The smallest absolute Gasteiger partial charge is 0.281 e. The number of anilines is 1. The average Bonchev–Trinajstić information content (AvgIpc) is 3.33. The highest BCUT2D eigenvalue weighted by Gasteiger charge is 2.39. The molecule has 2 aromatic heterocycles. The highest BCUT2D eigenvalue weighted by molar-refractivity contribution is 7.90. The van der Waals surface area contributed by atoms with Gasteiger partial charge in [-0.1, -0.05) is 29.8 Å². The Bertz CT molecular complexity index is 1560. The van der Waals surface area contributed by atoms with Crippen molar-refractivity contribution in [2.75, 3.05) is 18.9 Å². The van der Waals surface area contributed by atoms with E-state index in [-0.39, 0.29) is 22.3 Å². The van der Waals surface area contributed by atoms with Crippen LogP contribution in [-0.2, 0) is 19.5 Å². The zero-order chi connectivity index (χ0) is 27.8. The van der Waals surface area contributed by atoms with E-state index in [9.17, 15) is 13.2 Å². The number of nitrogens with one attached hydrogen (secondary N) is 1. The fourth-order valence-corrected chi connectivity index (χ4v) is 5.90. The number of sulfonamides is 1. The molecule has 2 aliphatic rings. The number of aromatic nitrogens is 2. The summed E-state index contributed by atoms with van der Waals surface area (Å²) in [5.74, 6) is -1.06. The second-order valence-corrected chi connectivity index (χ2v) is 11.4. The van der Waals surface area contributed by atoms with Crippen LogP contribution in [0.3, 0.4) is 0 Å². The van der Waals surface area contributed by atoms with Crippen molar-refractivity contribution in [2.45, 2.75) is 50.8 Å². The molecule has 0 radical (unpaired) electrons. The summed E-state index contributed by atoms with van der Waals surface area (Å²) in [5, 5.41) is -0.373. The topological polar surface area (TPSA) is 143 Å². The molecule has 0 unspecified atom stereocenters. The van der Waals surface area contributed by atoms with E-state index in [1.807, 2.05) is 32.9 Å². The van der Waals surface area contributed by atoms with Crippen LogP contribution in [0, 0.1) is 20.8 Å². The van der Waals surface area contributed by atoms with E-state index in [2.05, 4.69) is 15.8 Å². The molecule has 1 aromatic carbocycles. The van der Waals surface area contributed by atoms with Gasteiger partial charge in [0.1, 0.15) is 17.1 Å². The van der Waals surface area contributed by atoms with Gasteiger partial charge in [-0.25, -0.2) is 14.7 Å². The van der Waals surface area contributed by atoms with Crippen LogP contribution in [0.4, 0.5) is 5.82 Å². The van der Waals surface area contributed by atoms with Gasteiger partial charge in [0.15, 0.2) is 10.8 Å². The number of nitrogens with zero attached hydrogens (tertiary/aromatic N) is 2. The van der Waals surface area contributed by atoms with Crippen LogP contribution in [0.15, 0.2) is 53.6 Å². The maximum Gasteiger partial charge on any atom is 0.281 e. The quantitative estimate of drug-likeness (QED) is 0.461. The SMILES string of the molecule is Cc1cc(C)c(Oc2nc(C3=CCCC4(C3)OCCO4)ccc2C(=O)NS(=O)(=O)c2cccc(N)n2)c(C)c1. The van der Waals surface area contributed by atoms with Crippen molar-refractivity contribution in [1.82, 2.24) is 14.7 Å². The van der Waals surface area contributed by atoms with E-state index in [0.717, 1.165) is 35.1 Å². The zero-order valence-electron chi connectivity index (χ0n) is 22.0. The monoisotopic (exact) mass is 550 g/mol. The molecule has 5 rings (SSSR count). The molecule has 0 atom stereocenters. The molecular weight excluding hydrogens is 520 g/mol. The Morgan fingerprint density at radius 2 is 1.77 bits per heavy atom. The minimum absolute atomic E-state index is 0.0134. The van der Waals surface area contributed by atoms with Crippen molar-refractivity contribution < 1.29 is 27.4 Å². The van der Waals surface area contributed by atoms with E-state index in [1.165, 1.54) is 24.3 Å². The van der Waals surface area contributed by atoms with E-state index in [1.54, 1.807) is 6.07 Å². The first-order chi connectivity index (χ1) is 18.6. The summed E-state index contributed by atoms with van der Waals surface area (Å²) >= 11 is 0. The third-order valence-electron chi connectivity index (χ3n) is 6.67. The first kappa shape index (κ1) is 26.8. The second kappa shape index (κ2) is 10.4. The fraction of sp³-hybridized carbons (Fsp3) is 0.321. The summed E-state index contributed by atoms with van der Waals surface area (Å²) in [4.78, 5) is 21.8. The second-order valence-electron chi connectivity index (χ2n) is 9.77. The Balaban J connectivity index is 1.52. The molecule has 1 aliphatic heterocycles. The highest BCUT2D eigenvalue weighted by atomic mass is 32.2. The molecule has 11 heteroatoms. The van der Waals surface area contributed by atoms with Crippen molar-refractivity contribution in [3.63, 3.8) is 0 Å². The van der Waals surface area contributed by atoms with Crippen molar-refractivity contribution >= 4 is 27.3 Å². The van der Waals surface area contributed by atoms with Gasteiger partial charge in [0.05, 0.1) is 18.9 Å². The predicted octanol–water partition coefficient (Wildman–Crippen LogP) is 4.21. The van der Waals surface area contributed by atoms with Crippen LogP contribution in [-0.4, -0.2) is 43.3 Å². The van der Waals surface area contributed by atoms with Crippen LogP contribution in [0.2, 0.25) is 0 Å². The minimum Gasteiger partial charge on any atom is -0.438 e. The molecule has 1 spiro atoms. The van der Waals surface area contributed by atoms with Crippen molar-refractivity contribution in [2.24, 2.45) is 0 Å². The van der Waals surface area contributed by atoms with Gasteiger partial charge in [0.2, 0.25) is 5.88 Å². The first-order valence-electron chi connectivity index (χ1n) is 12.6. The summed E-state index contributed by atoms with van der Waals surface area (Å²) in [7, 11) is -4.31. The largest absolute Gasteiger partial charge is 0.438 e. The molecular formula is C28H30N4O6S. The average molecular weight is 551 g/mol. The third kappa shape index (κ3) is 5.65. The Kier molecular flexibility index (Phi) is 7.15. The van der Waals surface area contributed by atoms with Gasteiger partial charge < -0.3 is 19.9 Å². The molecule has 0 bridgehead atoms. The molecule has 3 N–H and O–H groups in total. The van der Waals surface area contributed by atoms with E-state index in [0.29, 0.717) is 31.1 Å². The van der Waals surface area contributed by atoms with Crippen molar-refractivity contribution in [3.8, 4) is 11.6 Å². The highest BCUT2D eigenvalue weighted by Crippen LogP contribution is 2.40. The van der Waals surface area contributed by atoms with Gasteiger partial charge in [-0.2, -0.15) is 8.42 Å². The molecule has 204 valence electrons. The molecule has 1 fully saturated rings. The number of carbonyl (C=O) groups excluding carboxylic acids is 1. The van der Waals surface area contributed by atoms with Crippen LogP contribution in [0.25, 0.3) is 5.57 Å². The lowest BCUT2D eigenvalue weighted by Gasteiger charge is -2.31. The van der Waals surface area contributed by atoms with Gasteiger partial charge in [0.25, 0.3) is 15.9 Å². The minimum atomic E-state index is -4.31. The lowest BCUT2D eigenvalue weighted by Crippen LogP contribution is -2.32. The Morgan fingerprint density at radius 1 is 1.05 bits per heavy atom. The first-order valence-corrected chi connectivity index (χ1v) is 14.1. The van der Waals surface area contributed by atoms with Gasteiger partial charge in [-0.05, 0) is 68.2 Å². The number of amides is 1. The van der Waals surface area contributed by atoms with E-state index >= 15 is 0 Å². The summed E-state index contributed by atoms with van der Waals surface area (Å²) in [6.45, 7) is 6.86. The standard InChI is InChI=1S/C28H30N4O6S/c1-17-14-18(2)25(19(3)15-17)38-27-21(26(33)32-39(34,35)24-8-4-7-23(29)31-24)9-10-22(30-27)20-6-5-11-28(16-20)36-12-13-37-28/h4,6-10,14-15H,5,11-13,16H2,1-3H3,(H2,29,31)(H,32,33). The maximum absolute atomic E-state index is 13.3. The number of aryl methyl sites for hydroxylation is 3. The Morgan fingerprint density at radius 3 is 2.46 bits per heavy atom. The molecule has 39 heavy (non-hydrogen) atoms. The number of rotatable bonds is 6. The maximum atomic E-state index is 13.3.